The number of phenols is 2. The van der Waals surface area contributed by atoms with Crippen LogP contribution in [0.5, 0.6) is 11.5 Å². The van der Waals surface area contributed by atoms with Gasteiger partial charge in [0.2, 0.25) is 0 Å². The summed E-state index contributed by atoms with van der Waals surface area (Å²) in [5.41, 5.74) is 1.52. The van der Waals surface area contributed by atoms with Crippen LogP contribution in [0.15, 0.2) is 65.1 Å². The third-order valence-electron chi connectivity index (χ3n) is 4.40. The summed E-state index contributed by atoms with van der Waals surface area (Å²) in [5.74, 6) is 0.484. The first-order valence-electron chi connectivity index (χ1n) is 7.40. The molecule has 0 amide bonds. The highest BCUT2D eigenvalue weighted by Crippen LogP contribution is 2.39. The van der Waals surface area contributed by atoms with Crippen LogP contribution in [0.3, 0.4) is 0 Å². The summed E-state index contributed by atoms with van der Waals surface area (Å²) in [5, 5.41) is 25.4. The quantitative estimate of drug-likeness (QED) is 0.408. The number of rotatable bonds is 0. The van der Waals surface area contributed by atoms with Crippen molar-refractivity contribution in [3.05, 3.63) is 60.7 Å². The maximum Gasteiger partial charge on any atom is 0.143 e. The van der Waals surface area contributed by atoms with E-state index in [0.717, 1.165) is 43.5 Å². The molecule has 1 aromatic heterocycles. The van der Waals surface area contributed by atoms with E-state index in [-0.39, 0.29) is 11.5 Å². The number of fused-ring (bicyclic) bond motifs is 6. The molecule has 0 bridgehead atoms. The molecule has 4 aromatic carbocycles. The minimum atomic E-state index is 0.232. The Hall–Kier alpha value is -3.20. The van der Waals surface area contributed by atoms with Crippen LogP contribution in [0.4, 0.5) is 0 Å². The van der Waals surface area contributed by atoms with Crippen molar-refractivity contribution in [3.8, 4) is 11.5 Å². The Kier molecular flexibility index (Phi) is 2.24. The maximum atomic E-state index is 10.3. The van der Waals surface area contributed by atoms with Crippen LogP contribution in [0.2, 0.25) is 0 Å². The number of furan rings is 1. The van der Waals surface area contributed by atoms with E-state index in [1.165, 1.54) is 0 Å². The summed E-state index contributed by atoms with van der Waals surface area (Å²) in [7, 11) is 0. The van der Waals surface area contributed by atoms with Gasteiger partial charge in [-0.3, -0.25) is 0 Å². The molecule has 0 atom stereocenters. The summed E-state index contributed by atoms with van der Waals surface area (Å²) in [6.45, 7) is 0. The van der Waals surface area contributed by atoms with Crippen LogP contribution in [0.1, 0.15) is 0 Å². The zero-order chi connectivity index (χ0) is 15.6. The second kappa shape index (κ2) is 4.17. The average Bonchev–Trinajstić information content (AvgIpc) is 2.91. The van der Waals surface area contributed by atoms with Crippen molar-refractivity contribution in [2.24, 2.45) is 0 Å². The first-order chi connectivity index (χ1) is 11.2. The Morgan fingerprint density at radius 1 is 0.652 bits per heavy atom. The monoisotopic (exact) mass is 300 g/mol. The van der Waals surface area contributed by atoms with Gasteiger partial charge in [0.25, 0.3) is 0 Å². The first-order valence-corrected chi connectivity index (χ1v) is 7.40. The standard InChI is InChI=1S/C20H12O3/c21-13-6-5-11-8-16-17-10-18(22)14-3-1-2-4-15(14)20(17)23-19(16)9-12(11)7-13/h1-10,21-22H. The van der Waals surface area contributed by atoms with Crippen molar-refractivity contribution in [3.63, 3.8) is 0 Å². The third-order valence-corrected chi connectivity index (χ3v) is 4.40. The molecule has 0 aliphatic heterocycles. The molecule has 0 saturated carbocycles. The highest BCUT2D eigenvalue weighted by molar-refractivity contribution is 6.18. The smallest absolute Gasteiger partial charge is 0.143 e. The number of phenolic OH excluding ortho intramolecular Hbond substituents is 2. The van der Waals surface area contributed by atoms with E-state index in [1.54, 1.807) is 18.2 Å². The second-order valence-corrected chi connectivity index (χ2v) is 5.80. The van der Waals surface area contributed by atoms with E-state index in [2.05, 4.69) is 0 Å². The summed E-state index contributed by atoms with van der Waals surface area (Å²) >= 11 is 0. The van der Waals surface area contributed by atoms with Crippen molar-refractivity contribution in [1.82, 2.24) is 0 Å². The lowest BCUT2D eigenvalue weighted by atomic mass is 10.0. The van der Waals surface area contributed by atoms with E-state index >= 15 is 0 Å². The van der Waals surface area contributed by atoms with E-state index in [1.807, 2.05) is 42.5 Å². The van der Waals surface area contributed by atoms with Gasteiger partial charge < -0.3 is 14.6 Å². The fraction of sp³-hybridized carbons (Fsp3) is 0. The lowest BCUT2D eigenvalue weighted by Gasteiger charge is -2.01. The molecule has 0 aliphatic rings. The number of benzene rings is 4. The molecular weight excluding hydrogens is 288 g/mol. The van der Waals surface area contributed by atoms with Crippen LogP contribution in [0, 0.1) is 0 Å². The van der Waals surface area contributed by atoms with Crippen LogP contribution in [-0.2, 0) is 0 Å². The molecule has 110 valence electrons. The van der Waals surface area contributed by atoms with Crippen molar-refractivity contribution < 1.29 is 14.6 Å². The number of hydrogen-bond donors (Lipinski definition) is 2. The van der Waals surface area contributed by atoms with Crippen LogP contribution in [0.25, 0.3) is 43.5 Å². The third kappa shape index (κ3) is 1.64. The summed E-state index contributed by atoms with van der Waals surface area (Å²) in [4.78, 5) is 0. The molecule has 0 aliphatic carbocycles. The van der Waals surface area contributed by atoms with Crippen molar-refractivity contribution in [1.29, 1.82) is 0 Å². The molecule has 3 heteroatoms. The first kappa shape index (κ1) is 12.4. The van der Waals surface area contributed by atoms with Gasteiger partial charge in [-0.15, -0.1) is 0 Å². The number of aromatic hydroxyl groups is 2. The Bertz CT molecular complexity index is 1230. The number of hydrogen-bond acceptors (Lipinski definition) is 3. The molecule has 5 rings (SSSR count). The lowest BCUT2D eigenvalue weighted by Crippen LogP contribution is -1.76. The van der Waals surface area contributed by atoms with Gasteiger partial charge in [0.15, 0.2) is 0 Å². The van der Waals surface area contributed by atoms with E-state index in [4.69, 9.17) is 4.42 Å². The second-order valence-electron chi connectivity index (χ2n) is 5.80. The molecule has 0 fully saturated rings. The van der Waals surface area contributed by atoms with Crippen LogP contribution >= 0.6 is 0 Å². The highest BCUT2D eigenvalue weighted by atomic mass is 16.3. The minimum absolute atomic E-state index is 0.232. The highest BCUT2D eigenvalue weighted by Gasteiger charge is 2.14. The fourth-order valence-corrected chi connectivity index (χ4v) is 3.31. The summed E-state index contributed by atoms with van der Waals surface area (Å²) in [6.07, 6.45) is 0. The average molecular weight is 300 g/mol. The zero-order valence-corrected chi connectivity index (χ0v) is 12.1. The topological polar surface area (TPSA) is 53.6 Å². The molecule has 3 nitrogen and oxygen atoms in total. The Labute approximate surface area is 131 Å². The summed E-state index contributed by atoms with van der Waals surface area (Å²) in [6, 6.07) is 18.6. The van der Waals surface area contributed by atoms with Gasteiger partial charge in [-0.1, -0.05) is 30.3 Å². The van der Waals surface area contributed by atoms with Crippen molar-refractivity contribution in [2.45, 2.75) is 0 Å². The molecule has 5 aromatic rings. The zero-order valence-electron chi connectivity index (χ0n) is 12.1. The van der Waals surface area contributed by atoms with Crippen molar-refractivity contribution >= 4 is 43.5 Å². The van der Waals surface area contributed by atoms with Gasteiger partial charge in [-0.05, 0) is 41.1 Å². The van der Waals surface area contributed by atoms with E-state index in [0.29, 0.717) is 0 Å². The molecule has 2 N–H and O–H groups in total. The largest absolute Gasteiger partial charge is 0.508 e. The Morgan fingerprint density at radius 2 is 1.48 bits per heavy atom. The van der Waals surface area contributed by atoms with Gasteiger partial charge in [0.05, 0.1) is 0 Å². The van der Waals surface area contributed by atoms with Gasteiger partial charge >= 0.3 is 0 Å². The van der Waals surface area contributed by atoms with Crippen molar-refractivity contribution in [2.75, 3.05) is 0 Å². The van der Waals surface area contributed by atoms with Crippen LogP contribution < -0.4 is 0 Å². The molecular formula is C20H12O3. The predicted molar refractivity (Wildman–Crippen MR) is 92.1 cm³/mol. The Balaban J connectivity index is 2.02. The fourth-order valence-electron chi connectivity index (χ4n) is 3.31. The minimum Gasteiger partial charge on any atom is -0.508 e. The molecule has 0 radical (unpaired) electrons. The predicted octanol–water partition coefficient (Wildman–Crippen LogP) is 5.30. The lowest BCUT2D eigenvalue weighted by molar-refractivity contribution is 0.476. The normalized spacial score (nSPS) is 11.8. The summed E-state index contributed by atoms with van der Waals surface area (Å²) < 4.78 is 6.08. The molecule has 0 unspecified atom stereocenters. The van der Waals surface area contributed by atoms with Gasteiger partial charge in [-0.2, -0.15) is 0 Å². The van der Waals surface area contributed by atoms with Crippen LogP contribution in [-0.4, -0.2) is 10.2 Å². The molecule has 23 heavy (non-hydrogen) atoms. The van der Waals surface area contributed by atoms with E-state index < -0.39 is 0 Å². The SMILES string of the molecule is Oc1ccc2cc3c(cc2c1)oc1c2ccccc2c(O)cc31. The maximum absolute atomic E-state index is 10.3. The molecule has 0 saturated heterocycles. The molecule has 1 heterocycles. The Morgan fingerprint density at radius 3 is 2.35 bits per heavy atom. The van der Waals surface area contributed by atoms with Gasteiger partial charge in [0.1, 0.15) is 22.7 Å². The van der Waals surface area contributed by atoms with Gasteiger partial charge in [0, 0.05) is 21.5 Å². The molecule has 0 spiro atoms. The van der Waals surface area contributed by atoms with E-state index in [9.17, 15) is 10.2 Å². The van der Waals surface area contributed by atoms with Gasteiger partial charge in [-0.25, -0.2) is 0 Å².